The maximum Gasteiger partial charge on any atom is 0.318 e. The molecule has 1 atom stereocenters. The van der Waals surface area contributed by atoms with Crippen LogP contribution in [-0.4, -0.2) is 17.2 Å². The highest BCUT2D eigenvalue weighted by atomic mass is 32.2. The largest absolute Gasteiger partial charge is 0.351 e. The second kappa shape index (κ2) is 7.83. The molecule has 0 fully saturated rings. The maximum atomic E-state index is 12.1. The van der Waals surface area contributed by atoms with E-state index in [9.17, 15) is 9.59 Å². The fraction of sp³-hybridized carbons (Fsp3) is 0.222. The summed E-state index contributed by atoms with van der Waals surface area (Å²) >= 11 is 1.43. The number of benzene rings is 2. The summed E-state index contributed by atoms with van der Waals surface area (Å²) in [4.78, 5) is 23.9. The molecule has 0 heterocycles. The summed E-state index contributed by atoms with van der Waals surface area (Å²) in [7, 11) is 0. The van der Waals surface area contributed by atoms with Gasteiger partial charge in [-0.2, -0.15) is 0 Å². The summed E-state index contributed by atoms with van der Waals surface area (Å²) in [6.07, 6.45) is 0. The highest BCUT2D eigenvalue weighted by Crippen LogP contribution is 2.30. The number of urea groups is 1. The van der Waals surface area contributed by atoms with Crippen molar-refractivity contribution in [1.82, 2.24) is 5.32 Å². The molecule has 0 aliphatic rings. The third kappa shape index (κ3) is 4.86. The molecule has 3 amide bonds. The van der Waals surface area contributed by atoms with Crippen molar-refractivity contribution in [3.8, 4) is 11.1 Å². The summed E-state index contributed by atoms with van der Waals surface area (Å²) in [6.45, 7) is 3.88. The van der Waals surface area contributed by atoms with Crippen molar-refractivity contribution in [3.05, 3.63) is 54.6 Å². The number of rotatable bonds is 5. The lowest BCUT2D eigenvalue weighted by atomic mass is 10.1. The first kappa shape index (κ1) is 17.1. The molecular weight excluding hydrogens is 308 g/mol. The highest BCUT2D eigenvalue weighted by Gasteiger charge is 2.24. The average Bonchev–Trinajstić information content (AvgIpc) is 2.53. The van der Waals surface area contributed by atoms with Crippen LogP contribution in [0.1, 0.15) is 13.8 Å². The van der Waals surface area contributed by atoms with Gasteiger partial charge in [0.15, 0.2) is 0 Å². The van der Waals surface area contributed by atoms with Gasteiger partial charge in [-0.05, 0) is 29.2 Å². The van der Waals surface area contributed by atoms with E-state index in [0.29, 0.717) is 0 Å². The van der Waals surface area contributed by atoms with Gasteiger partial charge in [-0.15, -0.1) is 11.8 Å². The molecule has 2 rings (SSSR count). The van der Waals surface area contributed by atoms with Crippen LogP contribution in [0, 0.1) is 5.92 Å². The molecule has 0 aliphatic carbocycles. The zero-order chi connectivity index (χ0) is 16.8. The number of nitrogens with one attached hydrogen (secondary N) is 1. The Hall–Kier alpha value is -2.27. The van der Waals surface area contributed by atoms with E-state index in [1.165, 1.54) is 11.8 Å². The molecule has 0 saturated heterocycles. The van der Waals surface area contributed by atoms with Crippen LogP contribution in [0.5, 0.6) is 0 Å². The Labute approximate surface area is 140 Å². The van der Waals surface area contributed by atoms with Crippen LogP contribution >= 0.6 is 11.8 Å². The number of carbonyl (C=O) groups excluding carboxylic acids is 2. The summed E-state index contributed by atoms with van der Waals surface area (Å²) < 4.78 is 0. The fourth-order valence-electron chi connectivity index (χ4n) is 2.19. The van der Waals surface area contributed by atoms with Crippen molar-refractivity contribution in [2.24, 2.45) is 11.7 Å². The predicted octanol–water partition coefficient (Wildman–Crippen LogP) is 3.67. The van der Waals surface area contributed by atoms with Gasteiger partial charge in [-0.3, -0.25) is 10.1 Å². The number of imide groups is 1. The number of hydrogen-bond donors (Lipinski definition) is 2. The lowest BCUT2D eigenvalue weighted by Crippen LogP contribution is -2.42. The van der Waals surface area contributed by atoms with Gasteiger partial charge in [0.05, 0.1) is 5.25 Å². The van der Waals surface area contributed by atoms with Gasteiger partial charge in [-0.25, -0.2) is 4.79 Å². The van der Waals surface area contributed by atoms with Gasteiger partial charge in [0.2, 0.25) is 5.91 Å². The molecule has 0 aliphatic heterocycles. The van der Waals surface area contributed by atoms with Crippen LogP contribution in [0.2, 0.25) is 0 Å². The van der Waals surface area contributed by atoms with E-state index in [2.05, 4.69) is 17.4 Å². The molecular formula is C18H20N2O2S. The summed E-state index contributed by atoms with van der Waals surface area (Å²) in [5.74, 6) is -0.280. The fourth-order valence-corrected chi connectivity index (χ4v) is 3.21. The van der Waals surface area contributed by atoms with Crippen LogP contribution in [-0.2, 0) is 4.79 Å². The van der Waals surface area contributed by atoms with Gasteiger partial charge < -0.3 is 5.73 Å². The maximum absolute atomic E-state index is 12.1. The first-order valence-corrected chi connectivity index (χ1v) is 8.28. The molecule has 0 bridgehead atoms. The molecule has 0 aromatic heterocycles. The molecule has 2 aromatic rings. The van der Waals surface area contributed by atoms with E-state index in [-0.39, 0.29) is 17.1 Å². The lowest BCUT2D eigenvalue weighted by molar-refractivity contribution is -0.120. The van der Waals surface area contributed by atoms with Crippen molar-refractivity contribution in [3.63, 3.8) is 0 Å². The summed E-state index contributed by atoms with van der Waals surface area (Å²) in [6, 6.07) is 17.3. The zero-order valence-corrected chi connectivity index (χ0v) is 14.0. The minimum atomic E-state index is -0.819. The molecule has 5 heteroatoms. The Morgan fingerprint density at radius 2 is 1.52 bits per heavy atom. The third-order valence-electron chi connectivity index (χ3n) is 3.33. The van der Waals surface area contributed by atoms with Crippen molar-refractivity contribution in [2.45, 2.75) is 24.0 Å². The van der Waals surface area contributed by atoms with Crippen LogP contribution in [0.4, 0.5) is 4.79 Å². The first-order chi connectivity index (χ1) is 11.0. The minimum Gasteiger partial charge on any atom is -0.351 e. The first-order valence-electron chi connectivity index (χ1n) is 7.40. The molecule has 0 spiro atoms. The number of hydrogen-bond acceptors (Lipinski definition) is 3. The van der Waals surface area contributed by atoms with Gasteiger partial charge in [0.1, 0.15) is 0 Å². The Kier molecular flexibility index (Phi) is 5.82. The molecule has 3 N–H and O–H groups in total. The van der Waals surface area contributed by atoms with Crippen molar-refractivity contribution >= 4 is 23.7 Å². The van der Waals surface area contributed by atoms with Gasteiger partial charge in [-0.1, -0.05) is 56.3 Å². The molecule has 1 unspecified atom stereocenters. The third-order valence-corrected chi connectivity index (χ3v) is 4.89. The van der Waals surface area contributed by atoms with Gasteiger partial charge >= 0.3 is 6.03 Å². The number of carbonyl (C=O) groups is 2. The normalized spacial score (nSPS) is 12.0. The van der Waals surface area contributed by atoms with Crippen molar-refractivity contribution < 1.29 is 9.59 Å². The van der Waals surface area contributed by atoms with E-state index in [1.807, 2.05) is 56.3 Å². The summed E-state index contributed by atoms with van der Waals surface area (Å²) in [5.41, 5.74) is 7.30. The SMILES string of the molecule is CC(C)C(Sc1ccc(-c2ccccc2)cc1)C(=O)NC(N)=O. The van der Waals surface area contributed by atoms with Gasteiger partial charge in [0, 0.05) is 4.90 Å². The lowest BCUT2D eigenvalue weighted by Gasteiger charge is -2.19. The Morgan fingerprint density at radius 3 is 2.04 bits per heavy atom. The number of thioether (sulfide) groups is 1. The number of nitrogens with two attached hydrogens (primary N) is 1. The quantitative estimate of drug-likeness (QED) is 0.823. The molecule has 120 valence electrons. The zero-order valence-electron chi connectivity index (χ0n) is 13.2. The number of amides is 3. The smallest absolute Gasteiger partial charge is 0.318 e. The molecule has 0 saturated carbocycles. The van der Waals surface area contributed by atoms with E-state index < -0.39 is 6.03 Å². The predicted molar refractivity (Wildman–Crippen MR) is 94.1 cm³/mol. The monoisotopic (exact) mass is 328 g/mol. The van der Waals surface area contributed by atoms with Crippen LogP contribution in [0.25, 0.3) is 11.1 Å². The highest BCUT2D eigenvalue weighted by molar-refractivity contribution is 8.00. The molecule has 2 aromatic carbocycles. The van der Waals surface area contributed by atoms with E-state index in [1.54, 1.807) is 0 Å². The molecule has 0 radical (unpaired) electrons. The van der Waals surface area contributed by atoms with Crippen molar-refractivity contribution in [1.29, 1.82) is 0 Å². The van der Waals surface area contributed by atoms with Crippen LogP contribution in [0.15, 0.2) is 59.5 Å². The van der Waals surface area contributed by atoms with E-state index >= 15 is 0 Å². The minimum absolute atomic E-state index is 0.0770. The van der Waals surface area contributed by atoms with Crippen LogP contribution < -0.4 is 11.1 Å². The second-order valence-corrected chi connectivity index (χ2v) is 6.74. The second-order valence-electron chi connectivity index (χ2n) is 5.53. The Balaban J connectivity index is 2.12. The standard InChI is InChI=1S/C18H20N2O2S/c1-12(2)16(17(21)20-18(19)22)23-15-10-8-14(9-11-15)13-6-4-3-5-7-13/h3-12,16H,1-2H3,(H3,19,20,21,22). The van der Waals surface area contributed by atoms with Gasteiger partial charge in [0.25, 0.3) is 0 Å². The molecule has 23 heavy (non-hydrogen) atoms. The summed E-state index contributed by atoms with van der Waals surface area (Å²) in [5, 5.41) is 1.79. The van der Waals surface area contributed by atoms with Crippen LogP contribution in [0.3, 0.4) is 0 Å². The molecule has 4 nitrogen and oxygen atoms in total. The van der Waals surface area contributed by atoms with E-state index in [4.69, 9.17) is 5.73 Å². The number of primary amides is 1. The topological polar surface area (TPSA) is 72.2 Å². The Morgan fingerprint density at radius 1 is 0.957 bits per heavy atom. The van der Waals surface area contributed by atoms with E-state index in [0.717, 1.165) is 16.0 Å². The average molecular weight is 328 g/mol. The van der Waals surface area contributed by atoms with Crippen molar-refractivity contribution in [2.75, 3.05) is 0 Å². The Bertz CT molecular complexity index is 669.